The molecule has 10 heteroatoms. The molecule has 0 unspecified atom stereocenters. The summed E-state index contributed by atoms with van der Waals surface area (Å²) in [6, 6.07) is 17.0. The molecule has 0 aliphatic heterocycles. The van der Waals surface area contributed by atoms with E-state index in [9.17, 15) is 9.59 Å². The number of hydrogen-bond donors (Lipinski definition) is 2. The number of aromatic nitrogens is 3. The van der Waals surface area contributed by atoms with Crippen LogP contribution >= 0.6 is 35.3 Å². The number of rotatable bonds is 7. The molecule has 31 heavy (non-hydrogen) atoms. The van der Waals surface area contributed by atoms with Crippen molar-refractivity contribution in [2.45, 2.75) is 11.7 Å². The van der Waals surface area contributed by atoms with E-state index in [1.165, 1.54) is 23.1 Å². The van der Waals surface area contributed by atoms with Gasteiger partial charge in [-0.05, 0) is 42.0 Å². The molecule has 0 aliphatic carbocycles. The summed E-state index contributed by atoms with van der Waals surface area (Å²) in [5.74, 6) is 0.690. The van der Waals surface area contributed by atoms with Gasteiger partial charge >= 0.3 is 0 Å². The third-order valence-corrected chi connectivity index (χ3v) is 6.63. The first-order valence-electron chi connectivity index (χ1n) is 9.29. The molecule has 4 rings (SSSR count). The van der Waals surface area contributed by atoms with Gasteiger partial charge in [-0.2, -0.15) is 0 Å². The molecule has 2 N–H and O–H groups in total. The molecule has 0 bridgehead atoms. The molecule has 0 spiro atoms. The standard InChI is InChI=1S/C21H18N4O3S3/c1-28-15-9-5-6-13(10-15)11-22-16(26)12-30-20-23-18-17(19(27)24-20)31-21(29)25(18)14-7-3-2-4-8-14/h2-10H,11-12H2,1H3,(H,22,26)(H,23,24,27). The van der Waals surface area contributed by atoms with Crippen molar-refractivity contribution >= 4 is 51.6 Å². The molecular formula is C21H18N4O3S3. The summed E-state index contributed by atoms with van der Waals surface area (Å²) in [5.41, 5.74) is 1.99. The van der Waals surface area contributed by atoms with Gasteiger partial charge in [0.15, 0.2) is 14.8 Å². The van der Waals surface area contributed by atoms with Gasteiger partial charge in [0.25, 0.3) is 5.56 Å². The quantitative estimate of drug-likeness (QED) is 0.242. The second-order valence-electron chi connectivity index (χ2n) is 6.48. The largest absolute Gasteiger partial charge is 0.497 e. The number of fused-ring (bicyclic) bond motifs is 1. The Hall–Kier alpha value is -2.95. The number of aromatic amines is 1. The Morgan fingerprint density at radius 2 is 2.06 bits per heavy atom. The Labute approximate surface area is 191 Å². The van der Waals surface area contributed by atoms with Crippen LogP contribution in [0.1, 0.15) is 5.56 Å². The van der Waals surface area contributed by atoms with E-state index < -0.39 is 0 Å². The Balaban J connectivity index is 1.49. The number of amides is 1. The topological polar surface area (TPSA) is 89.0 Å². The maximum Gasteiger partial charge on any atom is 0.271 e. The highest BCUT2D eigenvalue weighted by Crippen LogP contribution is 2.24. The number of carbonyl (C=O) groups is 1. The lowest BCUT2D eigenvalue weighted by Gasteiger charge is -2.07. The summed E-state index contributed by atoms with van der Waals surface area (Å²) < 4.78 is 7.96. The molecule has 2 heterocycles. The Morgan fingerprint density at radius 3 is 2.84 bits per heavy atom. The molecule has 0 fully saturated rings. The second kappa shape index (κ2) is 9.46. The smallest absolute Gasteiger partial charge is 0.271 e. The first-order chi connectivity index (χ1) is 15.0. The summed E-state index contributed by atoms with van der Waals surface area (Å²) in [5, 5.41) is 3.23. The van der Waals surface area contributed by atoms with E-state index >= 15 is 0 Å². The van der Waals surface area contributed by atoms with E-state index in [0.29, 0.717) is 26.0 Å². The summed E-state index contributed by atoms with van der Waals surface area (Å²) in [6.45, 7) is 0.386. The minimum Gasteiger partial charge on any atom is -0.497 e. The minimum absolute atomic E-state index is 0.120. The van der Waals surface area contributed by atoms with E-state index in [4.69, 9.17) is 17.0 Å². The molecule has 0 saturated carbocycles. The number of nitrogens with one attached hydrogen (secondary N) is 2. The number of thioether (sulfide) groups is 1. The highest BCUT2D eigenvalue weighted by atomic mass is 32.2. The summed E-state index contributed by atoms with van der Waals surface area (Å²) >= 11 is 7.83. The van der Waals surface area contributed by atoms with Gasteiger partial charge in [-0.15, -0.1) is 0 Å². The Kier molecular flexibility index (Phi) is 6.50. The predicted octanol–water partition coefficient (Wildman–Crippen LogP) is 3.92. The maximum absolute atomic E-state index is 12.5. The fourth-order valence-electron chi connectivity index (χ4n) is 2.93. The fraction of sp³-hybridized carbons (Fsp3) is 0.143. The number of thiazole rings is 1. The van der Waals surface area contributed by atoms with Crippen molar-refractivity contribution in [3.05, 3.63) is 74.5 Å². The van der Waals surface area contributed by atoms with Gasteiger partial charge in [-0.1, -0.05) is 53.4 Å². The lowest BCUT2D eigenvalue weighted by atomic mass is 10.2. The number of carbonyl (C=O) groups excluding carboxylic acids is 1. The molecule has 0 atom stereocenters. The van der Waals surface area contributed by atoms with Crippen LogP contribution in [0, 0.1) is 3.95 Å². The van der Waals surface area contributed by atoms with Crippen molar-refractivity contribution in [1.82, 2.24) is 19.9 Å². The third-order valence-electron chi connectivity index (χ3n) is 4.40. The normalized spacial score (nSPS) is 10.9. The molecule has 0 saturated heterocycles. The van der Waals surface area contributed by atoms with Crippen LogP contribution in [0.5, 0.6) is 5.75 Å². The number of nitrogens with zero attached hydrogens (tertiary/aromatic N) is 2. The molecule has 2 aromatic heterocycles. The van der Waals surface area contributed by atoms with E-state index in [0.717, 1.165) is 17.0 Å². The van der Waals surface area contributed by atoms with Gasteiger partial charge in [-0.3, -0.25) is 14.2 Å². The predicted molar refractivity (Wildman–Crippen MR) is 126 cm³/mol. The number of H-pyrrole nitrogens is 1. The van der Waals surface area contributed by atoms with Gasteiger partial charge in [0.1, 0.15) is 10.4 Å². The number of ether oxygens (including phenoxy) is 1. The molecule has 7 nitrogen and oxygen atoms in total. The average Bonchev–Trinajstić information content (AvgIpc) is 3.13. The summed E-state index contributed by atoms with van der Waals surface area (Å²) in [6.07, 6.45) is 0. The van der Waals surface area contributed by atoms with Crippen molar-refractivity contribution in [3.63, 3.8) is 0 Å². The molecule has 2 aromatic carbocycles. The SMILES string of the molecule is COc1cccc(CNC(=O)CSc2nc3c(sc(=S)n3-c3ccccc3)c(=O)[nH]2)c1. The van der Waals surface area contributed by atoms with Crippen LogP contribution in [-0.4, -0.2) is 33.3 Å². The van der Waals surface area contributed by atoms with Crippen LogP contribution in [-0.2, 0) is 11.3 Å². The number of benzene rings is 2. The van der Waals surface area contributed by atoms with Gasteiger partial charge in [0, 0.05) is 12.2 Å². The van der Waals surface area contributed by atoms with Gasteiger partial charge in [-0.25, -0.2) is 4.98 Å². The molecule has 4 aromatic rings. The summed E-state index contributed by atoms with van der Waals surface area (Å²) in [4.78, 5) is 32.1. The van der Waals surface area contributed by atoms with Crippen LogP contribution in [0.2, 0.25) is 0 Å². The lowest BCUT2D eigenvalue weighted by molar-refractivity contribution is -0.118. The van der Waals surface area contributed by atoms with Gasteiger partial charge in [0.05, 0.1) is 12.9 Å². The molecular weight excluding hydrogens is 452 g/mol. The third kappa shape index (κ3) is 4.87. The molecule has 158 valence electrons. The first-order valence-corrected chi connectivity index (χ1v) is 11.5. The van der Waals surface area contributed by atoms with Gasteiger partial charge < -0.3 is 15.0 Å². The summed E-state index contributed by atoms with van der Waals surface area (Å²) in [7, 11) is 1.60. The fourth-order valence-corrected chi connectivity index (χ4v) is 4.89. The van der Waals surface area contributed by atoms with Crippen molar-refractivity contribution < 1.29 is 9.53 Å². The number of hydrogen-bond acceptors (Lipinski definition) is 7. The van der Waals surface area contributed by atoms with Crippen LogP contribution < -0.4 is 15.6 Å². The molecule has 0 radical (unpaired) electrons. The van der Waals surface area contributed by atoms with E-state index in [2.05, 4.69) is 15.3 Å². The van der Waals surface area contributed by atoms with Crippen molar-refractivity contribution in [3.8, 4) is 11.4 Å². The van der Waals surface area contributed by atoms with Crippen molar-refractivity contribution in [2.24, 2.45) is 0 Å². The van der Waals surface area contributed by atoms with Crippen LogP contribution in [0.4, 0.5) is 0 Å². The Morgan fingerprint density at radius 1 is 1.26 bits per heavy atom. The van der Waals surface area contributed by atoms with Gasteiger partial charge in [0.2, 0.25) is 5.91 Å². The Bertz CT molecular complexity index is 1350. The highest BCUT2D eigenvalue weighted by Gasteiger charge is 2.14. The van der Waals surface area contributed by atoms with E-state index in [-0.39, 0.29) is 17.2 Å². The number of methoxy groups -OCH3 is 1. The first kappa shape index (κ1) is 21.3. The molecule has 1 amide bonds. The van der Waals surface area contributed by atoms with Crippen molar-refractivity contribution in [1.29, 1.82) is 0 Å². The maximum atomic E-state index is 12.5. The zero-order chi connectivity index (χ0) is 21.8. The second-order valence-corrected chi connectivity index (χ2v) is 9.09. The van der Waals surface area contributed by atoms with E-state index in [1.54, 1.807) is 11.7 Å². The monoisotopic (exact) mass is 470 g/mol. The average molecular weight is 471 g/mol. The molecule has 0 aliphatic rings. The zero-order valence-electron chi connectivity index (χ0n) is 16.5. The zero-order valence-corrected chi connectivity index (χ0v) is 18.9. The lowest BCUT2D eigenvalue weighted by Crippen LogP contribution is -2.24. The van der Waals surface area contributed by atoms with Crippen LogP contribution in [0.25, 0.3) is 16.0 Å². The minimum atomic E-state index is -0.268. The number of para-hydroxylation sites is 1. The van der Waals surface area contributed by atoms with E-state index in [1.807, 2.05) is 54.6 Å². The highest BCUT2D eigenvalue weighted by molar-refractivity contribution is 7.99. The van der Waals surface area contributed by atoms with Crippen molar-refractivity contribution in [2.75, 3.05) is 12.9 Å². The van der Waals surface area contributed by atoms with Crippen LogP contribution in [0.15, 0.2) is 64.5 Å². The van der Waals surface area contributed by atoms with Crippen LogP contribution in [0.3, 0.4) is 0 Å².